The zero-order chi connectivity index (χ0) is 27.2. The van der Waals surface area contributed by atoms with Crippen LogP contribution in [0.25, 0.3) is 10.9 Å². The van der Waals surface area contributed by atoms with Crippen LogP contribution in [0.15, 0.2) is 77.6 Å². The van der Waals surface area contributed by atoms with Crippen LogP contribution in [0.4, 0.5) is 0 Å². The smallest absolute Gasteiger partial charge is 0.252 e. The van der Waals surface area contributed by atoms with Crippen molar-refractivity contribution in [1.82, 2.24) is 30.1 Å². The maximum atomic E-state index is 13.1. The molecule has 9 nitrogen and oxygen atoms in total. The van der Waals surface area contributed by atoms with Gasteiger partial charge in [0.25, 0.3) is 5.56 Å². The molecule has 5 aromatic rings. The van der Waals surface area contributed by atoms with Gasteiger partial charge in [0, 0.05) is 18.7 Å². The summed E-state index contributed by atoms with van der Waals surface area (Å²) in [5.41, 5.74) is 4.74. The third kappa shape index (κ3) is 6.15. The van der Waals surface area contributed by atoms with Crippen molar-refractivity contribution in [3.05, 3.63) is 111 Å². The van der Waals surface area contributed by atoms with E-state index in [9.17, 15) is 4.79 Å². The second-order valence-electron chi connectivity index (χ2n) is 9.55. The lowest BCUT2D eigenvalue weighted by Gasteiger charge is -2.22. The Morgan fingerprint density at radius 1 is 0.897 bits per heavy atom. The van der Waals surface area contributed by atoms with Gasteiger partial charge in [-0.2, -0.15) is 0 Å². The van der Waals surface area contributed by atoms with Crippen molar-refractivity contribution in [2.24, 2.45) is 0 Å². The molecule has 0 saturated carbocycles. The zero-order valence-corrected chi connectivity index (χ0v) is 22.4. The van der Waals surface area contributed by atoms with E-state index >= 15 is 0 Å². The first-order valence-corrected chi connectivity index (χ1v) is 12.9. The largest absolute Gasteiger partial charge is 0.493 e. The van der Waals surface area contributed by atoms with E-state index in [1.54, 1.807) is 14.2 Å². The summed E-state index contributed by atoms with van der Waals surface area (Å²) in [5, 5.41) is 13.5. The number of pyridine rings is 1. The van der Waals surface area contributed by atoms with E-state index in [0.717, 1.165) is 39.8 Å². The van der Waals surface area contributed by atoms with Crippen molar-refractivity contribution >= 4 is 10.9 Å². The van der Waals surface area contributed by atoms with Gasteiger partial charge < -0.3 is 14.5 Å². The predicted molar refractivity (Wildman–Crippen MR) is 150 cm³/mol. The summed E-state index contributed by atoms with van der Waals surface area (Å²) >= 11 is 0. The van der Waals surface area contributed by atoms with Crippen molar-refractivity contribution < 1.29 is 9.47 Å². The van der Waals surface area contributed by atoms with E-state index in [1.807, 2.05) is 72.3 Å². The molecule has 0 spiro atoms. The minimum atomic E-state index is -0.0863. The highest BCUT2D eigenvalue weighted by molar-refractivity contribution is 5.81. The van der Waals surface area contributed by atoms with Crippen molar-refractivity contribution in [2.45, 2.75) is 33.0 Å². The predicted octanol–water partition coefficient (Wildman–Crippen LogP) is 4.13. The average Bonchev–Trinajstić information content (AvgIpc) is 3.39. The molecule has 0 aliphatic heterocycles. The fourth-order valence-corrected chi connectivity index (χ4v) is 4.74. The Kier molecular flexibility index (Phi) is 7.98. The maximum absolute atomic E-state index is 13.1. The van der Waals surface area contributed by atoms with E-state index in [1.165, 1.54) is 0 Å². The average molecular weight is 525 g/mol. The fraction of sp³-hybridized carbons (Fsp3) is 0.267. The Bertz CT molecular complexity index is 1610. The van der Waals surface area contributed by atoms with Gasteiger partial charge in [-0.1, -0.05) is 54.6 Å². The van der Waals surface area contributed by atoms with Crippen molar-refractivity contribution in [3.63, 3.8) is 0 Å². The van der Waals surface area contributed by atoms with E-state index in [2.05, 4.69) is 37.5 Å². The Labute approximate surface area is 227 Å². The standard InChI is InChI=1S/C30H32N6O3/c1-21-8-7-11-24-17-25(30(37)31-29(21)24)19-35(15-14-22-12-13-26(38-2)27(16-22)39-3)20-28-32-33-34-36(28)18-23-9-5-4-6-10-23/h4-13,16-17H,14-15,18-20H2,1-3H3,(H,31,37). The highest BCUT2D eigenvalue weighted by Gasteiger charge is 2.16. The van der Waals surface area contributed by atoms with Crippen LogP contribution in [0.3, 0.4) is 0 Å². The van der Waals surface area contributed by atoms with Crippen LogP contribution in [0.2, 0.25) is 0 Å². The monoisotopic (exact) mass is 524 g/mol. The maximum Gasteiger partial charge on any atom is 0.252 e. The van der Waals surface area contributed by atoms with Crippen LogP contribution in [0.1, 0.15) is 28.1 Å². The summed E-state index contributed by atoms with van der Waals surface area (Å²) in [5.74, 6) is 2.12. The van der Waals surface area contributed by atoms with Crippen molar-refractivity contribution in [1.29, 1.82) is 0 Å². The summed E-state index contributed by atoms with van der Waals surface area (Å²) in [7, 11) is 3.26. The molecule has 0 aliphatic rings. The molecule has 2 heterocycles. The van der Waals surface area contributed by atoms with E-state index in [-0.39, 0.29) is 5.56 Å². The van der Waals surface area contributed by atoms with Gasteiger partial charge in [0.1, 0.15) is 0 Å². The molecule has 0 amide bonds. The van der Waals surface area contributed by atoms with Crippen LogP contribution in [0, 0.1) is 6.92 Å². The Morgan fingerprint density at radius 2 is 1.72 bits per heavy atom. The third-order valence-electron chi connectivity index (χ3n) is 6.87. The number of nitrogens with zero attached hydrogens (tertiary/aromatic N) is 5. The highest BCUT2D eigenvalue weighted by atomic mass is 16.5. The van der Waals surface area contributed by atoms with Gasteiger partial charge in [-0.05, 0) is 64.0 Å². The summed E-state index contributed by atoms with van der Waals surface area (Å²) in [6.45, 7) is 4.19. The first kappa shape index (κ1) is 26.1. The van der Waals surface area contributed by atoms with Crippen LogP contribution < -0.4 is 15.0 Å². The minimum absolute atomic E-state index is 0.0863. The molecule has 0 saturated heterocycles. The van der Waals surface area contributed by atoms with Gasteiger partial charge in [0.15, 0.2) is 17.3 Å². The van der Waals surface area contributed by atoms with Crippen LogP contribution in [0.5, 0.6) is 11.5 Å². The lowest BCUT2D eigenvalue weighted by Crippen LogP contribution is -2.30. The van der Waals surface area contributed by atoms with Crippen molar-refractivity contribution in [3.8, 4) is 11.5 Å². The summed E-state index contributed by atoms with van der Waals surface area (Å²) in [6.07, 6.45) is 0.741. The number of tetrazole rings is 1. The number of hydrogen-bond donors (Lipinski definition) is 1. The van der Waals surface area contributed by atoms with Gasteiger partial charge in [-0.3, -0.25) is 9.69 Å². The number of nitrogens with one attached hydrogen (secondary N) is 1. The van der Waals surface area contributed by atoms with Gasteiger partial charge >= 0.3 is 0 Å². The number of para-hydroxylation sites is 1. The molecule has 0 radical (unpaired) electrons. The summed E-state index contributed by atoms with van der Waals surface area (Å²) in [6, 6.07) is 24.0. The third-order valence-corrected chi connectivity index (χ3v) is 6.87. The Morgan fingerprint density at radius 3 is 2.51 bits per heavy atom. The van der Waals surface area contributed by atoms with E-state index in [0.29, 0.717) is 43.2 Å². The molecule has 9 heteroatoms. The fourth-order valence-electron chi connectivity index (χ4n) is 4.74. The number of aryl methyl sites for hydroxylation is 1. The topological polar surface area (TPSA) is 98.2 Å². The summed E-state index contributed by atoms with van der Waals surface area (Å²) in [4.78, 5) is 18.4. The molecule has 0 unspecified atom stereocenters. The van der Waals surface area contributed by atoms with E-state index < -0.39 is 0 Å². The molecule has 0 atom stereocenters. The molecule has 39 heavy (non-hydrogen) atoms. The highest BCUT2D eigenvalue weighted by Crippen LogP contribution is 2.28. The van der Waals surface area contributed by atoms with Gasteiger partial charge in [-0.25, -0.2) is 4.68 Å². The zero-order valence-electron chi connectivity index (χ0n) is 22.4. The quantitative estimate of drug-likeness (QED) is 0.277. The number of benzene rings is 3. The SMILES string of the molecule is COc1ccc(CCN(Cc2cc3cccc(C)c3[nH]c2=O)Cc2nnnn2Cc2ccccc2)cc1OC. The van der Waals surface area contributed by atoms with Crippen LogP contribution in [-0.2, 0) is 26.1 Å². The number of fused-ring (bicyclic) bond motifs is 1. The van der Waals surface area contributed by atoms with Gasteiger partial charge in [0.05, 0.1) is 32.8 Å². The second kappa shape index (κ2) is 11.9. The number of aromatic amines is 1. The lowest BCUT2D eigenvalue weighted by molar-refractivity contribution is 0.247. The van der Waals surface area contributed by atoms with Gasteiger partial charge in [0.2, 0.25) is 0 Å². The lowest BCUT2D eigenvalue weighted by atomic mass is 10.1. The molecule has 0 fully saturated rings. The normalized spacial score (nSPS) is 11.3. The van der Waals surface area contributed by atoms with Crippen LogP contribution in [-0.4, -0.2) is 50.9 Å². The second-order valence-corrected chi connectivity index (χ2v) is 9.55. The molecule has 5 rings (SSSR count). The first-order chi connectivity index (χ1) is 19.0. The Hall–Kier alpha value is -4.50. The molecule has 0 bridgehead atoms. The first-order valence-electron chi connectivity index (χ1n) is 12.9. The number of aromatic nitrogens is 5. The minimum Gasteiger partial charge on any atom is -0.493 e. The molecule has 0 aliphatic carbocycles. The summed E-state index contributed by atoms with van der Waals surface area (Å²) < 4.78 is 12.7. The number of H-pyrrole nitrogens is 1. The number of hydrogen-bond acceptors (Lipinski definition) is 7. The number of rotatable bonds is 11. The molecule has 200 valence electrons. The molecular formula is C30H32N6O3. The molecule has 3 aromatic carbocycles. The number of methoxy groups -OCH3 is 2. The van der Waals surface area contributed by atoms with Crippen molar-refractivity contribution in [2.75, 3.05) is 20.8 Å². The van der Waals surface area contributed by atoms with E-state index in [4.69, 9.17) is 9.47 Å². The van der Waals surface area contributed by atoms with Crippen LogP contribution >= 0.6 is 0 Å². The van der Waals surface area contributed by atoms with Gasteiger partial charge in [-0.15, -0.1) is 5.10 Å². The number of ether oxygens (including phenoxy) is 2. The molecule has 1 N–H and O–H groups in total. The molecule has 2 aromatic heterocycles. The Balaban J connectivity index is 1.42. The molecular weight excluding hydrogens is 492 g/mol.